The molecular weight excluding hydrogens is 523 g/mol. The van der Waals surface area contributed by atoms with E-state index in [4.69, 9.17) is 22.1 Å². The van der Waals surface area contributed by atoms with Crippen molar-refractivity contribution in [1.82, 2.24) is 9.97 Å². The number of hydrogen-bond donors (Lipinski definition) is 2. The quantitative estimate of drug-likeness (QED) is 0.198. The summed E-state index contributed by atoms with van der Waals surface area (Å²) in [5.74, 6) is -0.199. The third kappa shape index (κ3) is 7.87. The Bertz CT molecular complexity index is 1260. The number of alkyl halides is 3. The van der Waals surface area contributed by atoms with Crippen molar-refractivity contribution in [3.05, 3.63) is 75.8 Å². The molecule has 3 N–H and O–H groups in total. The van der Waals surface area contributed by atoms with E-state index in [1.165, 1.54) is 36.7 Å². The molecule has 0 fully saturated rings. The van der Waals surface area contributed by atoms with Gasteiger partial charge in [0, 0.05) is 30.0 Å². The minimum absolute atomic E-state index is 0.0838. The van der Waals surface area contributed by atoms with Gasteiger partial charge in [0.1, 0.15) is 11.3 Å². The molecular formula is C26H27ClF3N5OS. The van der Waals surface area contributed by atoms with Crippen LogP contribution in [0, 0.1) is 5.92 Å². The standard InChI is InChI=1S/C26H27ClF3N5OS/c1-16(2)8-9-17-6-4-5-7-21(17)23-22(26(28,29)30)24(36-19-12-10-18(27)11-13-19)34-25(33-23)35-37-20(14-31)15-32-3/h4-7,10-16H,8-9,31H2,1-3H3,(H,33,34,35)/b20-14+,32-15?. The van der Waals surface area contributed by atoms with Crippen LogP contribution >= 0.6 is 23.5 Å². The molecule has 0 aliphatic heterocycles. The summed E-state index contributed by atoms with van der Waals surface area (Å²) < 4.78 is 52.2. The lowest BCUT2D eigenvalue weighted by Crippen LogP contribution is -2.14. The van der Waals surface area contributed by atoms with Crippen LogP contribution in [0.3, 0.4) is 0 Å². The molecule has 3 aromatic rings. The summed E-state index contributed by atoms with van der Waals surface area (Å²) in [6.45, 7) is 4.13. The molecule has 6 nitrogen and oxygen atoms in total. The van der Waals surface area contributed by atoms with Gasteiger partial charge in [-0.2, -0.15) is 18.2 Å². The van der Waals surface area contributed by atoms with Crippen LogP contribution < -0.4 is 15.2 Å². The van der Waals surface area contributed by atoms with E-state index in [-0.39, 0.29) is 17.4 Å². The van der Waals surface area contributed by atoms with Crippen LogP contribution in [-0.2, 0) is 12.6 Å². The molecule has 0 spiro atoms. The zero-order valence-electron chi connectivity index (χ0n) is 20.5. The molecule has 0 radical (unpaired) electrons. The lowest BCUT2D eigenvalue weighted by Gasteiger charge is -2.19. The number of benzene rings is 2. The summed E-state index contributed by atoms with van der Waals surface area (Å²) in [5.41, 5.74) is 5.36. The highest BCUT2D eigenvalue weighted by molar-refractivity contribution is 8.05. The van der Waals surface area contributed by atoms with Gasteiger partial charge in [-0.05, 0) is 60.5 Å². The fourth-order valence-corrected chi connectivity index (χ4v) is 4.03. The minimum Gasteiger partial charge on any atom is -0.438 e. The molecule has 0 aliphatic rings. The first-order valence-corrected chi connectivity index (χ1v) is 12.6. The summed E-state index contributed by atoms with van der Waals surface area (Å²) in [4.78, 5) is 12.8. The minimum atomic E-state index is -4.80. The average Bonchev–Trinajstić information content (AvgIpc) is 2.85. The van der Waals surface area contributed by atoms with Crippen LogP contribution in [0.1, 0.15) is 31.4 Å². The van der Waals surface area contributed by atoms with Crippen molar-refractivity contribution in [1.29, 1.82) is 0 Å². The molecule has 0 amide bonds. The molecule has 11 heteroatoms. The number of aryl methyl sites for hydroxylation is 1. The van der Waals surface area contributed by atoms with Crippen molar-refractivity contribution in [2.75, 3.05) is 11.8 Å². The first kappa shape index (κ1) is 28.3. The molecule has 1 aromatic heterocycles. The first-order valence-electron chi connectivity index (χ1n) is 11.4. The summed E-state index contributed by atoms with van der Waals surface area (Å²) in [6.07, 6.45) is -0.602. The Morgan fingerprint density at radius 3 is 2.49 bits per heavy atom. The van der Waals surface area contributed by atoms with E-state index in [9.17, 15) is 13.2 Å². The fourth-order valence-electron chi connectivity index (χ4n) is 3.37. The molecule has 0 aliphatic carbocycles. The van der Waals surface area contributed by atoms with E-state index in [2.05, 4.69) is 33.5 Å². The van der Waals surface area contributed by atoms with E-state index in [1.807, 2.05) is 6.07 Å². The maximum Gasteiger partial charge on any atom is 0.423 e. The Labute approximate surface area is 223 Å². The van der Waals surface area contributed by atoms with Gasteiger partial charge in [0.25, 0.3) is 0 Å². The Hall–Kier alpha value is -3.24. The molecule has 3 rings (SSSR count). The van der Waals surface area contributed by atoms with Crippen LogP contribution in [0.25, 0.3) is 11.3 Å². The number of halogens is 4. The summed E-state index contributed by atoms with van der Waals surface area (Å²) in [6, 6.07) is 12.9. The molecule has 0 bridgehead atoms. The first-order chi connectivity index (χ1) is 17.6. The lowest BCUT2D eigenvalue weighted by atomic mass is 9.95. The summed E-state index contributed by atoms with van der Waals surface area (Å²) >= 11 is 6.94. The monoisotopic (exact) mass is 549 g/mol. The highest BCUT2D eigenvalue weighted by Gasteiger charge is 2.41. The topological polar surface area (TPSA) is 85.4 Å². The predicted octanol–water partition coefficient (Wildman–Crippen LogP) is 7.76. The van der Waals surface area contributed by atoms with Crippen molar-refractivity contribution >= 4 is 35.7 Å². The fraction of sp³-hybridized carbons (Fsp3) is 0.269. The van der Waals surface area contributed by atoms with Gasteiger partial charge >= 0.3 is 6.18 Å². The van der Waals surface area contributed by atoms with E-state index in [0.717, 1.165) is 23.9 Å². The van der Waals surface area contributed by atoms with Gasteiger partial charge in [-0.25, -0.2) is 4.98 Å². The second-order valence-corrected chi connectivity index (χ2v) is 9.70. The van der Waals surface area contributed by atoms with Gasteiger partial charge < -0.3 is 10.5 Å². The normalized spacial score (nSPS) is 12.4. The number of rotatable bonds is 10. The Balaban J connectivity index is 2.20. The smallest absolute Gasteiger partial charge is 0.423 e. The zero-order chi connectivity index (χ0) is 27.0. The number of hydrogen-bond acceptors (Lipinski definition) is 7. The zero-order valence-corrected chi connectivity index (χ0v) is 22.1. The Morgan fingerprint density at radius 1 is 1.16 bits per heavy atom. The number of aromatic nitrogens is 2. The van der Waals surface area contributed by atoms with E-state index in [1.54, 1.807) is 25.2 Å². The second-order valence-electron chi connectivity index (χ2n) is 8.38. The number of aliphatic imine (C=N–C) groups is 1. The van der Waals surface area contributed by atoms with Crippen LogP contribution in [-0.4, -0.2) is 23.2 Å². The number of anilines is 1. The number of allylic oxidation sites excluding steroid dienone is 1. The van der Waals surface area contributed by atoms with E-state index >= 15 is 0 Å². The van der Waals surface area contributed by atoms with Crippen molar-refractivity contribution in [3.8, 4) is 22.9 Å². The van der Waals surface area contributed by atoms with Crippen molar-refractivity contribution < 1.29 is 17.9 Å². The van der Waals surface area contributed by atoms with Gasteiger partial charge in [0.05, 0.1) is 10.6 Å². The third-order valence-corrected chi connectivity index (χ3v) is 6.15. The molecule has 0 unspecified atom stereocenters. The van der Waals surface area contributed by atoms with Gasteiger partial charge in [-0.3, -0.25) is 9.71 Å². The highest BCUT2D eigenvalue weighted by atomic mass is 35.5. The van der Waals surface area contributed by atoms with Crippen LogP contribution in [0.2, 0.25) is 5.02 Å². The SMILES string of the molecule is CN=C/C(=C\N)SNc1nc(Oc2ccc(Cl)cc2)c(C(F)(F)F)c(-c2ccccc2CCC(C)C)n1. The van der Waals surface area contributed by atoms with Crippen molar-refractivity contribution in [3.63, 3.8) is 0 Å². The molecule has 0 atom stereocenters. The van der Waals surface area contributed by atoms with Gasteiger partial charge in [0.2, 0.25) is 11.8 Å². The third-order valence-electron chi connectivity index (χ3n) is 5.13. The predicted molar refractivity (Wildman–Crippen MR) is 145 cm³/mol. The summed E-state index contributed by atoms with van der Waals surface area (Å²) in [5, 5.41) is 0.420. The number of nitrogens with one attached hydrogen (secondary N) is 1. The molecule has 0 saturated heterocycles. The maximum absolute atomic E-state index is 14.6. The molecule has 1 heterocycles. The lowest BCUT2D eigenvalue weighted by molar-refractivity contribution is -0.138. The molecule has 0 saturated carbocycles. The molecule has 2 aromatic carbocycles. The Morgan fingerprint density at radius 2 is 1.86 bits per heavy atom. The largest absolute Gasteiger partial charge is 0.438 e. The van der Waals surface area contributed by atoms with E-state index in [0.29, 0.717) is 27.8 Å². The highest BCUT2D eigenvalue weighted by Crippen LogP contribution is 2.44. The molecule has 37 heavy (non-hydrogen) atoms. The summed E-state index contributed by atoms with van der Waals surface area (Å²) in [7, 11) is 1.57. The van der Waals surface area contributed by atoms with Crippen molar-refractivity contribution in [2.45, 2.75) is 32.9 Å². The van der Waals surface area contributed by atoms with Crippen LogP contribution in [0.5, 0.6) is 11.6 Å². The van der Waals surface area contributed by atoms with Crippen LogP contribution in [0.4, 0.5) is 19.1 Å². The van der Waals surface area contributed by atoms with Gasteiger partial charge in [0.15, 0.2) is 0 Å². The number of nitrogens with two attached hydrogens (primary N) is 1. The van der Waals surface area contributed by atoms with Gasteiger partial charge in [-0.15, -0.1) is 0 Å². The van der Waals surface area contributed by atoms with Crippen LogP contribution in [0.15, 0.2) is 64.6 Å². The number of ether oxygens (including phenoxy) is 1. The van der Waals surface area contributed by atoms with E-state index < -0.39 is 17.6 Å². The van der Waals surface area contributed by atoms with Gasteiger partial charge in [-0.1, -0.05) is 49.7 Å². The maximum atomic E-state index is 14.6. The Kier molecular flexibility index (Phi) is 9.82. The average molecular weight is 550 g/mol. The molecule has 196 valence electrons. The number of nitrogens with zero attached hydrogens (tertiary/aromatic N) is 3. The van der Waals surface area contributed by atoms with Crippen molar-refractivity contribution in [2.24, 2.45) is 16.6 Å². The second kappa shape index (κ2) is 12.8.